The second-order valence-corrected chi connectivity index (χ2v) is 4.60. The van der Waals surface area contributed by atoms with Crippen LogP contribution in [-0.4, -0.2) is 50.2 Å². The number of benzene rings is 1. The number of halogens is 1. The molecule has 1 fully saturated rings. The lowest BCUT2D eigenvalue weighted by Crippen LogP contribution is -2.53. The van der Waals surface area contributed by atoms with Crippen molar-refractivity contribution in [2.24, 2.45) is 0 Å². The van der Waals surface area contributed by atoms with Crippen molar-refractivity contribution in [3.63, 3.8) is 0 Å². The third kappa shape index (κ3) is 4.28. The number of rotatable bonds is 4. The van der Waals surface area contributed by atoms with Gasteiger partial charge in [0.25, 0.3) is 5.91 Å². The normalized spacial score (nSPS) is 18.1. The molecule has 0 bridgehead atoms. The lowest BCUT2D eigenvalue weighted by Gasteiger charge is -2.33. The van der Waals surface area contributed by atoms with Crippen LogP contribution in [0.2, 0.25) is 0 Å². The van der Waals surface area contributed by atoms with Crippen molar-refractivity contribution < 1.29 is 14.3 Å². The Balaban J connectivity index is 0.00000200. The first kappa shape index (κ1) is 16.6. The first-order valence-corrected chi connectivity index (χ1v) is 6.47. The maximum absolute atomic E-state index is 12.1. The van der Waals surface area contributed by atoms with Crippen molar-refractivity contribution in [2.45, 2.75) is 13.0 Å². The van der Waals surface area contributed by atoms with Gasteiger partial charge in [-0.2, -0.15) is 0 Å². The molecule has 1 aliphatic rings. The van der Waals surface area contributed by atoms with Crippen LogP contribution in [0.4, 0.5) is 0 Å². The van der Waals surface area contributed by atoms with Gasteiger partial charge in [0.1, 0.15) is 11.5 Å². The van der Waals surface area contributed by atoms with Gasteiger partial charge in [-0.15, -0.1) is 12.4 Å². The van der Waals surface area contributed by atoms with Crippen LogP contribution < -0.4 is 14.8 Å². The van der Waals surface area contributed by atoms with E-state index in [9.17, 15) is 4.79 Å². The van der Waals surface area contributed by atoms with Crippen LogP contribution in [0.1, 0.15) is 6.92 Å². The zero-order chi connectivity index (χ0) is 13.7. The molecule has 1 amide bonds. The molecule has 1 atom stereocenters. The van der Waals surface area contributed by atoms with E-state index < -0.39 is 0 Å². The fourth-order valence-corrected chi connectivity index (χ4v) is 2.11. The minimum Gasteiger partial charge on any atom is -0.497 e. The van der Waals surface area contributed by atoms with Gasteiger partial charge in [0.15, 0.2) is 6.61 Å². The average Bonchev–Trinajstić information content (AvgIpc) is 2.46. The van der Waals surface area contributed by atoms with E-state index in [-0.39, 0.29) is 31.0 Å². The molecule has 0 spiro atoms. The van der Waals surface area contributed by atoms with Gasteiger partial charge in [-0.3, -0.25) is 4.79 Å². The Kier molecular flexibility index (Phi) is 6.61. The van der Waals surface area contributed by atoms with Gasteiger partial charge >= 0.3 is 0 Å². The summed E-state index contributed by atoms with van der Waals surface area (Å²) >= 11 is 0. The Morgan fingerprint density at radius 2 is 2.00 bits per heavy atom. The Morgan fingerprint density at radius 1 is 1.35 bits per heavy atom. The number of hydrogen-bond acceptors (Lipinski definition) is 4. The summed E-state index contributed by atoms with van der Waals surface area (Å²) in [4.78, 5) is 13.9. The summed E-state index contributed by atoms with van der Waals surface area (Å²) in [5.74, 6) is 1.48. The molecule has 1 heterocycles. The van der Waals surface area contributed by atoms with Gasteiger partial charge in [-0.1, -0.05) is 0 Å². The summed E-state index contributed by atoms with van der Waals surface area (Å²) in [5, 5.41) is 3.26. The predicted molar refractivity (Wildman–Crippen MR) is 79.8 cm³/mol. The molecular weight excluding hydrogens is 280 g/mol. The number of methoxy groups -OCH3 is 1. The van der Waals surface area contributed by atoms with Gasteiger partial charge in [-0.25, -0.2) is 0 Å². The number of carbonyl (C=O) groups is 1. The molecule has 2 rings (SSSR count). The van der Waals surface area contributed by atoms with Gasteiger partial charge in [0.2, 0.25) is 0 Å². The molecule has 20 heavy (non-hydrogen) atoms. The maximum atomic E-state index is 12.1. The summed E-state index contributed by atoms with van der Waals surface area (Å²) < 4.78 is 10.6. The second kappa shape index (κ2) is 7.97. The largest absolute Gasteiger partial charge is 0.497 e. The summed E-state index contributed by atoms with van der Waals surface area (Å²) in [6, 6.07) is 7.45. The summed E-state index contributed by atoms with van der Waals surface area (Å²) in [6.07, 6.45) is 0. The van der Waals surface area contributed by atoms with Gasteiger partial charge in [0, 0.05) is 25.7 Å². The quantitative estimate of drug-likeness (QED) is 0.911. The first-order valence-electron chi connectivity index (χ1n) is 6.47. The topological polar surface area (TPSA) is 50.8 Å². The molecule has 5 nitrogen and oxygen atoms in total. The van der Waals surface area contributed by atoms with Gasteiger partial charge < -0.3 is 19.7 Å². The highest BCUT2D eigenvalue weighted by molar-refractivity contribution is 5.85. The van der Waals surface area contributed by atoms with Crippen molar-refractivity contribution in [3.05, 3.63) is 24.3 Å². The average molecular weight is 301 g/mol. The van der Waals surface area contributed by atoms with Crippen molar-refractivity contribution in [3.8, 4) is 11.5 Å². The molecule has 0 aliphatic carbocycles. The van der Waals surface area contributed by atoms with Crippen LogP contribution in [-0.2, 0) is 4.79 Å². The van der Waals surface area contributed by atoms with E-state index in [0.29, 0.717) is 5.75 Å². The number of hydrogen-bond donors (Lipinski definition) is 1. The van der Waals surface area contributed by atoms with E-state index in [0.717, 1.165) is 25.4 Å². The molecule has 1 aromatic carbocycles. The van der Waals surface area contributed by atoms with E-state index in [4.69, 9.17) is 9.47 Å². The number of piperazine rings is 1. The second-order valence-electron chi connectivity index (χ2n) is 4.60. The molecular formula is C14H21ClN2O3. The zero-order valence-electron chi connectivity index (χ0n) is 11.8. The Bertz CT molecular complexity index is 425. The molecule has 1 saturated heterocycles. The molecule has 0 saturated carbocycles. The Labute approximate surface area is 125 Å². The van der Waals surface area contributed by atoms with Crippen LogP contribution in [0, 0.1) is 0 Å². The van der Waals surface area contributed by atoms with Crippen LogP contribution in [0.15, 0.2) is 24.3 Å². The Morgan fingerprint density at radius 3 is 2.60 bits per heavy atom. The zero-order valence-corrected chi connectivity index (χ0v) is 12.6. The number of ether oxygens (including phenoxy) is 2. The highest BCUT2D eigenvalue weighted by atomic mass is 35.5. The molecule has 1 aliphatic heterocycles. The summed E-state index contributed by atoms with van der Waals surface area (Å²) in [7, 11) is 1.62. The van der Waals surface area contributed by atoms with Crippen LogP contribution >= 0.6 is 12.4 Å². The molecule has 0 radical (unpaired) electrons. The summed E-state index contributed by atoms with van der Waals surface area (Å²) in [6.45, 7) is 4.55. The molecule has 1 N–H and O–H groups in total. The van der Waals surface area contributed by atoms with Gasteiger partial charge in [0.05, 0.1) is 7.11 Å². The SMILES string of the molecule is COc1ccc(OCC(=O)N2CCNC[C@H]2C)cc1.Cl. The molecule has 112 valence electrons. The maximum Gasteiger partial charge on any atom is 0.260 e. The molecule has 0 aromatic heterocycles. The van der Waals surface area contributed by atoms with Gasteiger partial charge in [-0.05, 0) is 31.2 Å². The standard InChI is InChI=1S/C14H20N2O3.ClH/c1-11-9-15-7-8-16(11)14(17)10-19-13-5-3-12(18-2)4-6-13;/h3-6,11,15H,7-10H2,1-2H3;1H/t11-;/m1./s1. The fourth-order valence-electron chi connectivity index (χ4n) is 2.11. The van der Waals surface area contributed by atoms with E-state index in [1.165, 1.54) is 0 Å². The van der Waals surface area contributed by atoms with E-state index >= 15 is 0 Å². The smallest absolute Gasteiger partial charge is 0.260 e. The monoisotopic (exact) mass is 300 g/mol. The van der Waals surface area contributed by atoms with E-state index in [1.54, 1.807) is 19.2 Å². The van der Waals surface area contributed by atoms with Crippen LogP contribution in [0.5, 0.6) is 11.5 Å². The molecule has 6 heteroatoms. The van der Waals surface area contributed by atoms with Crippen molar-refractivity contribution >= 4 is 18.3 Å². The lowest BCUT2D eigenvalue weighted by atomic mass is 10.2. The number of amides is 1. The number of carbonyl (C=O) groups excluding carboxylic acids is 1. The van der Waals surface area contributed by atoms with Crippen molar-refractivity contribution in [2.75, 3.05) is 33.4 Å². The van der Waals surface area contributed by atoms with Crippen molar-refractivity contribution in [1.82, 2.24) is 10.2 Å². The Hall–Kier alpha value is -1.46. The lowest BCUT2D eigenvalue weighted by molar-refractivity contribution is -0.136. The predicted octanol–water partition coefficient (Wildman–Crippen LogP) is 1.32. The fraction of sp³-hybridized carbons (Fsp3) is 0.500. The third-order valence-electron chi connectivity index (χ3n) is 3.24. The number of nitrogens with zero attached hydrogens (tertiary/aromatic N) is 1. The molecule has 0 unspecified atom stereocenters. The number of nitrogens with one attached hydrogen (secondary N) is 1. The van der Waals surface area contributed by atoms with Crippen LogP contribution in [0.3, 0.4) is 0 Å². The van der Waals surface area contributed by atoms with Crippen molar-refractivity contribution in [1.29, 1.82) is 0 Å². The highest BCUT2D eigenvalue weighted by Gasteiger charge is 2.22. The summed E-state index contributed by atoms with van der Waals surface area (Å²) in [5.41, 5.74) is 0. The van der Waals surface area contributed by atoms with Crippen LogP contribution in [0.25, 0.3) is 0 Å². The highest BCUT2D eigenvalue weighted by Crippen LogP contribution is 2.17. The minimum absolute atomic E-state index is 0. The third-order valence-corrected chi connectivity index (χ3v) is 3.24. The first-order chi connectivity index (χ1) is 9.20. The minimum atomic E-state index is 0. The van der Waals surface area contributed by atoms with E-state index in [2.05, 4.69) is 5.32 Å². The molecule has 1 aromatic rings. The van der Waals surface area contributed by atoms with E-state index in [1.807, 2.05) is 24.0 Å².